The van der Waals surface area contributed by atoms with E-state index in [0.717, 1.165) is 0 Å². The fourth-order valence-corrected chi connectivity index (χ4v) is 4.35. The molecule has 3 amide bonds. The number of benzene rings is 2. The Balaban J connectivity index is 1.37. The lowest BCUT2D eigenvalue weighted by Crippen LogP contribution is -2.45. The topological polar surface area (TPSA) is 184 Å². The van der Waals surface area contributed by atoms with Gasteiger partial charge in [-0.2, -0.15) is 5.10 Å². The van der Waals surface area contributed by atoms with Crippen LogP contribution in [0.1, 0.15) is 36.8 Å². The summed E-state index contributed by atoms with van der Waals surface area (Å²) in [6.45, 7) is 4.81. The first kappa shape index (κ1) is 30.3. The molecular formula is C29H29N5O9. The number of nitro benzene ring substituents is 1. The highest BCUT2D eigenvalue weighted by Crippen LogP contribution is 2.34. The smallest absolute Gasteiger partial charge is 0.338 e. The van der Waals surface area contributed by atoms with Crippen molar-refractivity contribution in [2.24, 2.45) is 5.10 Å². The molecule has 14 nitrogen and oxygen atoms in total. The second kappa shape index (κ2) is 13.3. The minimum atomic E-state index is -0.792. The molecule has 0 saturated carbocycles. The van der Waals surface area contributed by atoms with Crippen molar-refractivity contribution in [2.75, 3.05) is 20.3 Å². The molecule has 224 valence electrons. The zero-order chi connectivity index (χ0) is 31.1. The van der Waals surface area contributed by atoms with E-state index in [0.29, 0.717) is 33.9 Å². The zero-order valence-corrected chi connectivity index (χ0v) is 23.8. The standard InChI is InChI=1S/C29H29N5O9/c1-5-41-28(36)26-17(3)31-29(37)32-27(26)18-6-10-23(24(13-18)40-4)42-15-25(35)33-30-14-20-8-11-22(43-20)21-9-7-19(34(38)39)12-16(21)2/h6-14,27H,5,15H2,1-4H3,(H,33,35)(H2,31,32,37)/b30-14-/t27-/m1/s1. The Morgan fingerprint density at radius 3 is 2.63 bits per heavy atom. The van der Waals surface area contributed by atoms with E-state index in [1.807, 2.05) is 0 Å². The van der Waals surface area contributed by atoms with Crippen LogP contribution in [0.4, 0.5) is 10.5 Å². The summed E-state index contributed by atoms with van der Waals surface area (Å²) < 4.78 is 21.9. The number of carbonyl (C=O) groups is 3. The first-order chi connectivity index (χ1) is 20.6. The van der Waals surface area contributed by atoms with Crippen molar-refractivity contribution in [3.8, 4) is 22.8 Å². The Morgan fingerprint density at radius 1 is 1.14 bits per heavy atom. The third kappa shape index (κ3) is 7.16. The summed E-state index contributed by atoms with van der Waals surface area (Å²) in [4.78, 5) is 47.5. The number of nitrogens with one attached hydrogen (secondary N) is 3. The van der Waals surface area contributed by atoms with Gasteiger partial charge in [0.1, 0.15) is 11.5 Å². The molecule has 0 saturated heterocycles. The van der Waals surface area contributed by atoms with Crippen LogP contribution in [0.5, 0.6) is 11.5 Å². The summed E-state index contributed by atoms with van der Waals surface area (Å²) in [6.07, 6.45) is 1.31. The third-order valence-electron chi connectivity index (χ3n) is 6.34. The van der Waals surface area contributed by atoms with E-state index >= 15 is 0 Å². The lowest BCUT2D eigenvalue weighted by Gasteiger charge is -2.28. The number of nitrogens with zero attached hydrogens (tertiary/aromatic N) is 2. The molecule has 0 unspecified atom stereocenters. The van der Waals surface area contributed by atoms with Crippen molar-refractivity contribution < 1.29 is 37.9 Å². The highest BCUT2D eigenvalue weighted by atomic mass is 16.6. The summed E-state index contributed by atoms with van der Waals surface area (Å²) in [5.74, 6) is 0.228. The quantitative estimate of drug-likeness (QED) is 0.129. The summed E-state index contributed by atoms with van der Waals surface area (Å²) in [5, 5.41) is 20.1. The van der Waals surface area contributed by atoms with E-state index in [2.05, 4.69) is 21.2 Å². The van der Waals surface area contributed by atoms with Crippen molar-refractivity contribution in [1.29, 1.82) is 0 Å². The van der Waals surface area contributed by atoms with Crippen LogP contribution in [0, 0.1) is 17.0 Å². The van der Waals surface area contributed by atoms with Gasteiger partial charge in [0.2, 0.25) is 0 Å². The van der Waals surface area contributed by atoms with Crippen molar-refractivity contribution in [3.05, 3.63) is 86.8 Å². The SMILES string of the molecule is CCOC(=O)C1=C(C)NC(=O)N[C@@H]1c1ccc(OCC(=O)N/N=C\c2ccc(-c3ccc([N+](=O)[O-])cc3C)o2)c(OC)c1. The predicted molar refractivity (Wildman–Crippen MR) is 154 cm³/mol. The van der Waals surface area contributed by atoms with Crippen LogP contribution >= 0.6 is 0 Å². The van der Waals surface area contributed by atoms with Gasteiger partial charge in [0, 0.05) is 23.4 Å². The van der Waals surface area contributed by atoms with E-state index in [9.17, 15) is 24.5 Å². The van der Waals surface area contributed by atoms with Crippen molar-refractivity contribution in [2.45, 2.75) is 26.8 Å². The molecule has 1 aliphatic heterocycles. The van der Waals surface area contributed by atoms with Gasteiger partial charge < -0.3 is 29.3 Å². The molecule has 0 aliphatic carbocycles. The van der Waals surface area contributed by atoms with Gasteiger partial charge in [-0.05, 0) is 62.2 Å². The van der Waals surface area contributed by atoms with Crippen LogP contribution < -0.4 is 25.5 Å². The lowest BCUT2D eigenvalue weighted by atomic mass is 9.95. The molecule has 3 N–H and O–H groups in total. The third-order valence-corrected chi connectivity index (χ3v) is 6.34. The molecule has 14 heteroatoms. The number of allylic oxidation sites excluding steroid dienone is 1. The maximum absolute atomic E-state index is 12.6. The monoisotopic (exact) mass is 591 g/mol. The Kier molecular flexibility index (Phi) is 9.40. The van der Waals surface area contributed by atoms with E-state index in [-0.39, 0.29) is 29.4 Å². The number of esters is 1. The van der Waals surface area contributed by atoms with Gasteiger partial charge in [-0.1, -0.05) is 6.07 Å². The molecule has 2 heterocycles. The molecule has 0 radical (unpaired) electrons. The number of nitro groups is 1. The number of ether oxygens (including phenoxy) is 3. The van der Waals surface area contributed by atoms with Crippen molar-refractivity contribution in [3.63, 3.8) is 0 Å². The molecule has 3 aromatic rings. The normalized spacial score (nSPS) is 14.6. The lowest BCUT2D eigenvalue weighted by molar-refractivity contribution is -0.384. The largest absolute Gasteiger partial charge is 0.493 e. The fraction of sp³-hybridized carbons (Fsp3) is 0.241. The molecule has 1 aliphatic rings. The maximum Gasteiger partial charge on any atom is 0.338 e. The zero-order valence-electron chi connectivity index (χ0n) is 23.8. The molecule has 4 rings (SSSR count). The van der Waals surface area contributed by atoms with Gasteiger partial charge in [-0.25, -0.2) is 15.0 Å². The molecule has 1 atom stereocenters. The fourth-order valence-electron chi connectivity index (χ4n) is 4.35. The number of amides is 3. The van der Waals surface area contributed by atoms with E-state index in [4.69, 9.17) is 18.6 Å². The number of rotatable bonds is 11. The Hall–Kier alpha value is -5.66. The van der Waals surface area contributed by atoms with Crippen LogP contribution in [0.15, 0.2) is 69.3 Å². The molecule has 0 fully saturated rings. The highest BCUT2D eigenvalue weighted by Gasteiger charge is 2.32. The molecular weight excluding hydrogens is 562 g/mol. The number of non-ortho nitro benzene ring substituents is 1. The minimum Gasteiger partial charge on any atom is -0.493 e. The van der Waals surface area contributed by atoms with E-state index < -0.39 is 35.5 Å². The first-order valence-corrected chi connectivity index (χ1v) is 13.0. The Morgan fingerprint density at radius 2 is 1.93 bits per heavy atom. The Bertz CT molecular complexity index is 1630. The molecule has 43 heavy (non-hydrogen) atoms. The molecule has 0 spiro atoms. The number of methoxy groups -OCH3 is 1. The number of aryl methyl sites for hydroxylation is 1. The number of hydrogen-bond acceptors (Lipinski definition) is 10. The Labute approximate surface area is 245 Å². The van der Waals surface area contributed by atoms with Gasteiger partial charge in [-0.15, -0.1) is 0 Å². The van der Waals surface area contributed by atoms with Gasteiger partial charge in [0.25, 0.3) is 11.6 Å². The second-order valence-electron chi connectivity index (χ2n) is 9.24. The summed E-state index contributed by atoms with van der Waals surface area (Å²) >= 11 is 0. The van der Waals surface area contributed by atoms with Crippen molar-refractivity contribution >= 4 is 29.8 Å². The molecule has 2 aromatic carbocycles. The number of furan rings is 1. The second-order valence-corrected chi connectivity index (χ2v) is 9.24. The number of urea groups is 1. The molecule has 1 aromatic heterocycles. The van der Waals surface area contributed by atoms with Gasteiger partial charge in [0.15, 0.2) is 18.1 Å². The predicted octanol–water partition coefficient (Wildman–Crippen LogP) is 3.89. The number of hydrogen-bond donors (Lipinski definition) is 3. The van der Waals surface area contributed by atoms with Crippen LogP contribution in [-0.2, 0) is 14.3 Å². The van der Waals surface area contributed by atoms with Crippen LogP contribution in [-0.4, -0.2) is 49.4 Å². The first-order valence-electron chi connectivity index (χ1n) is 13.0. The highest BCUT2D eigenvalue weighted by molar-refractivity contribution is 5.95. The van der Waals surface area contributed by atoms with Crippen LogP contribution in [0.25, 0.3) is 11.3 Å². The van der Waals surface area contributed by atoms with Gasteiger partial charge >= 0.3 is 12.0 Å². The average Bonchev–Trinajstić information content (AvgIpc) is 3.44. The minimum absolute atomic E-state index is 0.0151. The van der Waals surface area contributed by atoms with Crippen molar-refractivity contribution in [1.82, 2.24) is 16.1 Å². The van der Waals surface area contributed by atoms with Crippen LogP contribution in [0.2, 0.25) is 0 Å². The summed E-state index contributed by atoms with van der Waals surface area (Å²) in [7, 11) is 1.42. The van der Waals surface area contributed by atoms with Gasteiger partial charge in [0.05, 0.1) is 36.5 Å². The average molecular weight is 592 g/mol. The van der Waals surface area contributed by atoms with E-state index in [1.165, 1.54) is 25.5 Å². The number of hydrazone groups is 1. The molecule has 0 bridgehead atoms. The van der Waals surface area contributed by atoms with Gasteiger partial charge in [-0.3, -0.25) is 14.9 Å². The summed E-state index contributed by atoms with van der Waals surface area (Å²) in [5.41, 5.74) is 4.85. The summed E-state index contributed by atoms with van der Waals surface area (Å²) in [6, 6.07) is 11.3. The maximum atomic E-state index is 12.6. The van der Waals surface area contributed by atoms with E-state index in [1.54, 1.807) is 57.2 Å². The number of carbonyl (C=O) groups excluding carboxylic acids is 3. The van der Waals surface area contributed by atoms with Crippen LogP contribution in [0.3, 0.4) is 0 Å².